The third-order valence-electron chi connectivity index (χ3n) is 5.46. The summed E-state index contributed by atoms with van der Waals surface area (Å²) in [7, 11) is 0. The second-order valence-electron chi connectivity index (χ2n) is 7.59. The van der Waals surface area contributed by atoms with Gasteiger partial charge in [0.2, 0.25) is 0 Å². The van der Waals surface area contributed by atoms with Crippen LogP contribution in [0.4, 0.5) is 4.39 Å². The Morgan fingerprint density at radius 2 is 1.87 bits per heavy atom. The van der Waals surface area contributed by atoms with Gasteiger partial charge in [-0.1, -0.05) is 25.1 Å². The van der Waals surface area contributed by atoms with Crippen molar-refractivity contribution in [3.63, 3.8) is 0 Å². The molecule has 1 amide bonds. The lowest BCUT2D eigenvalue weighted by molar-refractivity contribution is 0.0643. The summed E-state index contributed by atoms with van der Waals surface area (Å²) >= 11 is 1.16. The van der Waals surface area contributed by atoms with Crippen molar-refractivity contribution in [2.75, 3.05) is 32.7 Å². The minimum Gasteiger partial charge on any atom is -0.430 e. The molecule has 0 N–H and O–H groups in total. The zero-order valence-corrected chi connectivity index (χ0v) is 18.5. The van der Waals surface area contributed by atoms with Gasteiger partial charge in [-0.3, -0.25) is 4.79 Å². The second kappa shape index (κ2) is 9.53. The standard InChI is InChI=1S/C23H25FN4O2S/c1-3-27-10-12-28(13-11-27)22(29)18-7-4-16(2)20(15-18)30-23-25-21(26-31-23)14-17-5-8-19(24)9-6-17/h4-9,15H,3,10-14H2,1-2H3. The SMILES string of the molecule is CCN1CCN(C(=O)c2ccc(C)c(Oc3nc(Cc4ccc(F)cc4)ns3)c2)CC1. The highest BCUT2D eigenvalue weighted by molar-refractivity contribution is 7.07. The number of ether oxygens (including phenoxy) is 1. The second-order valence-corrected chi connectivity index (χ2v) is 8.30. The minimum absolute atomic E-state index is 0.0230. The predicted molar refractivity (Wildman–Crippen MR) is 118 cm³/mol. The molecule has 0 radical (unpaired) electrons. The van der Waals surface area contributed by atoms with Crippen LogP contribution in [-0.2, 0) is 6.42 Å². The maximum absolute atomic E-state index is 13.1. The van der Waals surface area contributed by atoms with Gasteiger partial charge in [-0.05, 0) is 48.9 Å². The molecule has 6 nitrogen and oxygen atoms in total. The molecule has 31 heavy (non-hydrogen) atoms. The van der Waals surface area contributed by atoms with Crippen molar-refractivity contribution < 1.29 is 13.9 Å². The molecular formula is C23H25FN4O2S. The Hall–Kier alpha value is -2.84. The van der Waals surface area contributed by atoms with E-state index in [-0.39, 0.29) is 11.7 Å². The normalized spacial score (nSPS) is 14.6. The maximum Gasteiger partial charge on any atom is 0.298 e. The lowest BCUT2D eigenvalue weighted by Crippen LogP contribution is -2.48. The van der Waals surface area contributed by atoms with Crippen LogP contribution in [-0.4, -0.2) is 57.8 Å². The summed E-state index contributed by atoms with van der Waals surface area (Å²) in [5.41, 5.74) is 2.46. The van der Waals surface area contributed by atoms with Crippen LogP contribution in [0.2, 0.25) is 0 Å². The molecular weight excluding hydrogens is 415 g/mol. The first kappa shape index (κ1) is 21.4. The molecule has 2 heterocycles. The Bertz CT molecular complexity index is 1050. The van der Waals surface area contributed by atoms with Crippen LogP contribution >= 0.6 is 11.5 Å². The topological polar surface area (TPSA) is 58.6 Å². The van der Waals surface area contributed by atoms with Gasteiger partial charge in [-0.15, -0.1) is 0 Å². The molecule has 4 rings (SSSR count). The third-order valence-corrected chi connectivity index (χ3v) is 6.10. The van der Waals surface area contributed by atoms with Crippen molar-refractivity contribution in [3.8, 4) is 10.9 Å². The molecule has 0 atom stereocenters. The molecule has 3 aromatic rings. The zero-order valence-electron chi connectivity index (χ0n) is 17.7. The van der Waals surface area contributed by atoms with Crippen LogP contribution < -0.4 is 4.74 Å². The van der Waals surface area contributed by atoms with Gasteiger partial charge in [0.25, 0.3) is 11.1 Å². The van der Waals surface area contributed by atoms with Crippen LogP contribution in [0.3, 0.4) is 0 Å². The van der Waals surface area contributed by atoms with E-state index in [9.17, 15) is 9.18 Å². The zero-order chi connectivity index (χ0) is 21.8. The smallest absolute Gasteiger partial charge is 0.298 e. The average molecular weight is 441 g/mol. The number of carbonyl (C=O) groups is 1. The highest BCUT2D eigenvalue weighted by Crippen LogP contribution is 2.28. The lowest BCUT2D eigenvalue weighted by atomic mass is 10.1. The predicted octanol–water partition coefficient (Wildman–Crippen LogP) is 4.15. The van der Waals surface area contributed by atoms with Crippen LogP contribution in [0.1, 0.15) is 34.2 Å². The summed E-state index contributed by atoms with van der Waals surface area (Å²) in [5, 5.41) is 0.418. The van der Waals surface area contributed by atoms with Gasteiger partial charge in [-0.25, -0.2) is 4.39 Å². The number of rotatable bonds is 6. The Balaban J connectivity index is 1.44. The summed E-state index contributed by atoms with van der Waals surface area (Å²) in [6.45, 7) is 8.36. The first-order valence-corrected chi connectivity index (χ1v) is 11.2. The van der Waals surface area contributed by atoms with E-state index in [1.807, 2.05) is 24.0 Å². The van der Waals surface area contributed by atoms with E-state index in [0.29, 0.717) is 28.8 Å². The van der Waals surface area contributed by atoms with Crippen molar-refractivity contribution in [1.82, 2.24) is 19.2 Å². The number of likely N-dealkylation sites (N-methyl/N-ethyl adjacent to an activating group) is 1. The van der Waals surface area contributed by atoms with Gasteiger partial charge in [0.15, 0.2) is 5.82 Å². The highest BCUT2D eigenvalue weighted by Gasteiger charge is 2.22. The Morgan fingerprint density at radius 3 is 2.58 bits per heavy atom. The number of amides is 1. The molecule has 0 saturated carbocycles. The van der Waals surface area contributed by atoms with Gasteiger partial charge >= 0.3 is 0 Å². The largest absolute Gasteiger partial charge is 0.430 e. The molecule has 1 fully saturated rings. The fourth-order valence-corrected chi connectivity index (χ4v) is 4.09. The van der Waals surface area contributed by atoms with E-state index in [1.165, 1.54) is 12.1 Å². The molecule has 0 spiro atoms. The summed E-state index contributed by atoms with van der Waals surface area (Å²) in [6, 6.07) is 11.8. The summed E-state index contributed by atoms with van der Waals surface area (Å²) in [6.07, 6.45) is 0.501. The Labute approximate surface area is 185 Å². The molecule has 2 aromatic carbocycles. The minimum atomic E-state index is -0.267. The van der Waals surface area contributed by atoms with E-state index < -0.39 is 0 Å². The number of halogens is 1. The van der Waals surface area contributed by atoms with E-state index >= 15 is 0 Å². The molecule has 0 aliphatic carbocycles. The summed E-state index contributed by atoms with van der Waals surface area (Å²) < 4.78 is 23.4. The van der Waals surface area contributed by atoms with Crippen LogP contribution in [0.15, 0.2) is 42.5 Å². The van der Waals surface area contributed by atoms with Crippen LogP contribution in [0, 0.1) is 12.7 Å². The number of piperazine rings is 1. The van der Waals surface area contributed by atoms with Gasteiger partial charge in [0.05, 0.1) is 0 Å². The molecule has 8 heteroatoms. The number of aryl methyl sites for hydroxylation is 1. The molecule has 0 bridgehead atoms. The molecule has 162 valence electrons. The summed E-state index contributed by atoms with van der Waals surface area (Å²) in [4.78, 5) is 21.6. The first-order valence-electron chi connectivity index (χ1n) is 10.4. The number of hydrogen-bond acceptors (Lipinski definition) is 6. The fourth-order valence-electron chi connectivity index (χ4n) is 3.52. The van der Waals surface area contributed by atoms with Crippen molar-refractivity contribution in [1.29, 1.82) is 0 Å². The first-order chi connectivity index (χ1) is 15.0. The quantitative estimate of drug-likeness (QED) is 0.576. The number of nitrogens with zero attached hydrogens (tertiary/aromatic N) is 4. The third kappa shape index (κ3) is 5.26. The van der Waals surface area contributed by atoms with Crippen molar-refractivity contribution in [2.24, 2.45) is 0 Å². The summed E-state index contributed by atoms with van der Waals surface area (Å²) in [5.74, 6) is 0.971. The Kier molecular flexibility index (Phi) is 6.58. The molecule has 1 saturated heterocycles. The Morgan fingerprint density at radius 1 is 1.13 bits per heavy atom. The van der Waals surface area contributed by atoms with E-state index in [1.54, 1.807) is 18.2 Å². The van der Waals surface area contributed by atoms with Gasteiger partial charge in [-0.2, -0.15) is 9.36 Å². The van der Waals surface area contributed by atoms with Crippen molar-refractivity contribution >= 4 is 17.4 Å². The van der Waals surface area contributed by atoms with Crippen molar-refractivity contribution in [3.05, 3.63) is 70.8 Å². The lowest BCUT2D eigenvalue weighted by Gasteiger charge is -2.34. The highest BCUT2D eigenvalue weighted by atomic mass is 32.1. The molecule has 1 aliphatic rings. The maximum atomic E-state index is 13.1. The molecule has 1 aliphatic heterocycles. The number of benzene rings is 2. The van der Waals surface area contributed by atoms with Crippen molar-refractivity contribution in [2.45, 2.75) is 20.3 Å². The van der Waals surface area contributed by atoms with Crippen LogP contribution in [0.25, 0.3) is 0 Å². The van der Waals surface area contributed by atoms with Crippen LogP contribution in [0.5, 0.6) is 10.9 Å². The number of hydrogen-bond donors (Lipinski definition) is 0. The van der Waals surface area contributed by atoms with E-state index in [0.717, 1.165) is 55.4 Å². The van der Waals surface area contributed by atoms with Gasteiger partial charge in [0, 0.05) is 49.7 Å². The monoisotopic (exact) mass is 440 g/mol. The van der Waals surface area contributed by atoms with Gasteiger partial charge < -0.3 is 14.5 Å². The fraction of sp³-hybridized carbons (Fsp3) is 0.348. The molecule has 1 aromatic heterocycles. The average Bonchev–Trinajstić information content (AvgIpc) is 3.23. The number of aromatic nitrogens is 2. The van der Waals surface area contributed by atoms with Gasteiger partial charge in [0.1, 0.15) is 11.6 Å². The number of carbonyl (C=O) groups excluding carboxylic acids is 1. The van der Waals surface area contributed by atoms with E-state index in [2.05, 4.69) is 21.2 Å². The van der Waals surface area contributed by atoms with E-state index in [4.69, 9.17) is 4.74 Å². The molecule has 0 unspecified atom stereocenters.